The maximum Gasteiger partial charge on any atom is 0.257 e. The Balaban J connectivity index is 1.62. The van der Waals surface area contributed by atoms with Crippen molar-refractivity contribution in [3.63, 3.8) is 0 Å². The molecule has 1 saturated heterocycles. The van der Waals surface area contributed by atoms with E-state index in [0.717, 1.165) is 32.1 Å². The average molecular weight is 275 g/mol. The maximum atomic E-state index is 12.4. The molecule has 0 atom stereocenters. The second kappa shape index (κ2) is 5.32. The summed E-state index contributed by atoms with van der Waals surface area (Å²) in [6, 6.07) is 4.93. The molecule has 0 radical (unpaired) electrons. The molecular formula is C15H21N3O2. The maximum absolute atomic E-state index is 12.4. The minimum absolute atomic E-state index is 0.0992. The Morgan fingerprint density at radius 2 is 1.95 bits per heavy atom. The number of nitrogens with zero attached hydrogens (tertiary/aromatic N) is 2. The lowest BCUT2D eigenvalue weighted by Gasteiger charge is -2.35. The molecule has 3 N–H and O–H groups in total. The lowest BCUT2D eigenvalue weighted by Crippen LogP contribution is -2.49. The number of nitrogen functional groups attached to an aromatic ring is 1. The van der Waals surface area contributed by atoms with Crippen molar-refractivity contribution in [2.75, 3.05) is 38.5 Å². The number of aromatic hydroxyl groups is 1. The molecule has 1 aliphatic heterocycles. The second-order valence-electron chi connectivity index (χ2n) is 5.78. The Hall–Kier alpha value is -1.75. The van der Waals surface area contributed by atoms with Crippen LogP contribution in [0.2, 0.25) is 0 Å². The molecule has 1 heterocycles. The predicted molar refractivity (Wildman–Crippen MR) is 77.6 cm³/mol. The number of phenols is 1. The number of piperazine rings is 1. The molecule has 1 aromatic carbocycles. The number of carbonyl (C=O) groups excluding carboxylic acids is 1. The number of carbonyl (C=O) groups is 1. The van der Waals surface area contributed by atoms with E-state index >= 15 is 0 Å². The fourth-order valence-electron chi connectivity index (χ4n) is 2.70. The van der Waals surface area contributed by atoms with E-state index in [1.165, 1.54) is 19.4 Å². The van der Waals surface area contributed by atoms with Gasteiger partial charge in [0.05, 0.1) is 11.3 Å². The van der Waals surface area contributed by atoms with Crippen molar-refractivity contribution in [2.24, 2.45) is 5.92 Å². The smallest absolute Gasteiger partial charge is 0.257 e. The fraction of sp³-hybridized carbons (Fsp3) is 0.533. The third kappa shape index (κ3) is 2.72. The van der Waals surface area contributed by atoms with Gasteiger partial charge in [-0.05, 0) is 30.9 Å². The van der Waals surface area contributed by atoms with Gasteiger partial charge in [-0.1, -0.05) is 6.07 Å². The van der Waals surface area contributed by atoms with E-state index in [0.29, 0.717) is 5.56 Å². The number of hydrogen-bond acceptors (Lipinski definition) is 4. The van der Waals surface area contributed by atoms with E-state index in [1.54, 1.807) is 23.1 Å². The van der Waals surface area contributed by atoms with Crippen LogP contribution in [-0.4, -0.2) is 53.5 Å². The van der Waals surface area contributed by atoms with E-state index in [2.05, 4.69) is 4.90 Å². The molecule has 0 unspecified atom stereocenters. The van der Waals surface area contributed by atoms with E-state index in [1.807, 2.05) is 0 Å². The van der Waals surface area contributed by atoms with E-state index in [9.17, 15) is 9.90 Å². The largest absolute Gasteiger partial charge is 0.505 e. The van der Waals surface area contributed by atoms with E-state index in [4.69, 9.17) is 5.73 Å². The van der Waals surface area contributed by atoms with Gasteiger partial charge in [0.15, 0.2) is 5.75 Å². The Morgan fingerprint density at radius 1 is 1.25 bits per heavy atom. The van der Waals surface area contributed by atoms with Gasteiger partial charge in [-0.3, -0.25) is 9.69 Å². The number of phenolic OH excluding ortho intramolecular Hbond substituents is 1. The molecule has 5 heteroatoms. The van der Waals surface area contributed by atoms with Crippen LogP contribution in [-0.2, 0) is 0 Å². The molecule has 20 heavy (non-hydrogen) atoms. The van der Waals surface area contributed by atoms with Gasteiger partial charge < -0.3 is 15.7 Å². The Labute approximate surface area is 119 Å². The van der Waals surface area contributed by atoms with Crippen LogP contribution < -0.4 is 5.73 Å². The Bertz CT molecular complexity index is 506. The summed E-state index contributed by atoms with van der Waals surface area (Å²) in [6.45, 7) is 4.46. The summed E-state index contributed by atoms with van der Waals surface area (Å²) < 4.78 is 0. The predicted octanol–water partition coefficient (Wildman–Crippen LogP) is 1.14. The highest BCUT2D eigenvalue weighted by atomic mass is 16.3. The van der Waals surface area contributed by atoms with Gasteiger partial charge >= 0.3 is 0 Å². The van der Waals surface area contributed by atoms with Crippen molar-refractivity contribution in [1.82, 2.24) is 9.80 Å². The van der Waals surface area contributed by atoms with Crippen LogP contribution in [0.25, 0.3) is 0 Å². The van der Waals surface area contributed by atoms with Gasteiger partial charge in [-0.25, -0.2) is 0 Å². The van der Waals surface area contributed by atoms with Crippen LogP contribution in [0.1, 0.15) is 23.2 Å². The number of anilines is 1. The molecular weight excluding hydrogens is 254 g/mol. The molecule has 0 spiro atoms. The summed E-state index contributed by atoms with van der Waals surface area (Å²) in [5.41, 5.74) is 6.20. The Morgan fingerprint density at radius 3 is 2.60 bits per heavy atom. The summed E-state index contributed by atoms with van der Waals surface area (Å²) in [7, 11) is 0. The van der Waals surface area contributed by atoms with E-state index < -0.39 is 0 Å². The number of benzene rings is 1. The third-order valence-electron chi connectivity index (χ3n) is 4.17. The van der Waals surface area contributed by atoms with Crippen LogP contribution >= 0.6 is 0 Å². The molecule has 1 aromatic rings. The SMILES string of the molecule is Nc1cccc(C(=O)N2CCN(CC3CC3)CC2)c1O. The third-order valence-corrected chi connectivity index (χ3v) is 4.17. The molecule has 1 saturated carbocycles. The quantitative estimate of drug-likeness (QED) is 0.641. The van der Waals surface area contributed by atoms with Crippen molar-refractivity contribution in [3.05, 3.63) is 23.8 Å². The Kier molecular flexibility index (Phi) is 3.53. The van der Waals surface area contributed by atoms with Crippen molar-refractivity contribution in [1.29, 1.82) is 0 Å². The van der Waals surface area contributed by atoms with Crippen molar-refractivity contribution < 1.29 is 9.90 Å². The van der Waals surface area contributed by atoms with Crippen LogP contribution in [0, 0.1) is 5.92 Å². The minimum atomic E-state index is -0.124. The molecule has 1 amide bonds. The van der Waals surface area contributed by atoms with Crippen LogP contribution in [0.4, 0.5) is 5.69 Å². The molecule has 3 rings (SSSR count). The number of para-hydroxylation sites is 1. The van der Waals surface area contributed by atoms with Gasteiger partial charge in [0, 0.05) is 32.7 Å². The first-order valence-electron chi connectivity index (χ1n) is 7.24. The van der Waals surface area contributed by atoms with Gasteiger partial charge in [-0.15, -0.1) is 0 Å². The van der Waals surface area contributed by atoms with Gasteiger partial charge in [-0.2, -0.15) is 0 Å². The van der Waals surface area contributed by atoms with Crippen molar-refractivity contribution in [2.45, 2.75) is 12.8 Å². The summed E-state index contributed by atoms with van der Waals surface area (Å²) in [5.74, 6) is 0.661. The summed E-state index contributed by atoms with van der Waals surface area (Å²) in [4.78, 5) is 16.6. The highest BCUT2D eigenvalue weighted by molar-refractivity contribution is 5.98. The summed E-state index contributed by atoms with van der Waals surface area (Å²) in [6.07, 6.45) is 2.71. The zero-order valence-corrected chi connectivity index (χ0v) is 11.6. The van der Waals surface area contributed by atoms with Crippen LogP contribution in [0.5, 0.6) is 5.75 Å². The number of nitrogens with two attached hydrogens (primary N) is 1. The number of hydrogen-bond donors (Lipinski definition) is 2. The molecule has 0 bridgehead atoms. The monoisotopic (exact) mass is 275 g/mol. The van der Waals surface area contributed by atoms with E-state index in [-0.39, 0.29) is 17.3 Å². The minimum Gasteiger partial charge on any atom is -0.505 e. The lowest BCUT2D eigenvalue weighted by molar-refractivity contribution is 0.0629. The highest BCUT2D eigenvalue weighted by Gasteiger charge is 2.28. The molecule has 1 aliphatic carbocycles. The second-order valence-corrected chi connectivity index (χ2v) is 5.78. The van der Waals surface area contributed by atoms with Gasteiger partial charge in [0.2, 0.25) is 0 Å². The van der Waals surface area contributed by atoms with Gasteiger partial charge in [0.1, 0.15) is 0 Å². The number of amides is 1. The standard InChI is InChI=1S/C15H21N3O2/c16-13-3-1-2-12(14(13)19)15(20)18-8-6-17(7-9-18)10-11-4-5-11/h1-3,11,19H,4-10,16H2. The first-order chi connectivity index (χ1) is 9.65. The average Bonchev–Trinajstić information content (AvgIpc) is 3.26. The topological polar surface area (TPSA) is 69.8 Å². The zero-order chi connectivity index (χ0) is 14.1. The molecule has 2 aliphatic rings. The van der Waals surface area contributed by atoms with Crippen molar-refractivity contribution in [3.8, 4) is 5.75 Å². The molecule has 108 valence electrons. The summed E-state index contributed by atoms with van der Waals surface area (Å²) in [5, 5.41) is 9.89. The zero-order valence-electron chi connectivity index (χ0n) is 11.6. The van der Waals surface area contributed by atoms with Crippen LogP contribution in [0.3, 0.4) is 0 Å². The fourth-order valence-corrected chi connectivity index (χ4v) is 2.70. The number of rotatable bonds is 3. The summed E-state index contributed by atoms with van der Waals surface area (Å²) >= 11 is 0. The normalized spacial score (nSPS) is 20.1. The van der Waals surface area contributed by atoms with Crippen LogP contribution in [0.15, 0.2) is 18.2 Å². The first-order valence-corrected chi connectivity index (χ1v) is 7.24. The molecule has 5 nitrogen and oxygen atoms in total. The van der Waals surface area contributed by atoms with Gasteiger partial charge in [0.25, 0.3) is 5.91 Å². The molecule has 2 fully saturated rings. The highest BCUT2D eigenvalue weighted by Crippen LogP contribution is 2.30. The van der Waals surface area contributed by atoms with Crippen molar-refractivity contribution >= 4 is 11.6 Å². The first kappa shape index (κ1) is 13.2. The molecule has 0 aromatic heterocycles. The lowest BCUT2D eigenvalue weighted by atomic mass is 10.1.